The molecule has 2 aromatic rings. The average molecular weight is 301 g/mol. The molecule has 0 heterocycles. The van der Waals surface area contributed by atoms with Crippen molar-refractivity contribution in [3.8, 4) is 17.2 Å². The third-order valence-corrected chi connectivity index (χ3v) is 2.94. The van der Waals surface area contributed by atoms with E-state index in [0.717, 1.165) is 5.75 Å². The molecule has 2 rings (SSSR count). The van der Waals surface area contributed by atoms with E-state index >= 15 is 0 Å². The molecule has 0 fully saturated rings. The number of nitrogens with one attached hydrogen (secondary N) is 1. The van der Waals surface area contributed by atoms with Crippen LogP contribution in [0.1, 0.15) is 5.56 Å². The molecule has 116 valence electrons. The molecule has 0 spiro atoms. The molecule has 0 aliphatic rings. The molecule has 0 unspecified atom stereocenters. The Bertz CT molecular complexity index is 610. The van der Waals surface area contributed by atoms with Crippen molar-refractivity contribution >= 4 is 5.91 Å². The van der Waals surface area contributed by atoms with Gasteiger partial charge in [0.05, 0.1) is 6.54 Å². The van der Waals surface area contributed by atoms with Crippen molar-refractivity contribution in [1.29, 1.82) is 0 Å². The van der Waals surface area contributed by atoms with Crippen LogP contribution in [0.2, 0.25) is 0 Å². The number of benzene rings is 2. The highest BCUT2D eigenvalue weighted by molar-refractivity contribution is 5.77. The molecule has 5 nitrogen and oxygen atoms in total. The topological polar surface area (TPSA) is 67.8 Å². The molecule has 0 aromatic heterocycles. The Hall–Kier alpha value is -2.69. The Morgan fingerprint density at radius 1 is 1.09 bits per heavy atom. The van der Waals surface area contributed by atoms with E-state index in [-0.39, 0.29) is 24.0 Å². The van der Waals surface area contributed by atoms with E-state index in [4.69, 9.17) is 9.47 Å². The fourth-order valence-electron chi connectivity index (χ4n) is 1.77. The Morgan fingerprint density at radius 2 is 1.82 bits per heavy atom. The number of amides is 1. The lowest BCUT2D eigenvalue weighted by Gasteiger charge is -2.09. The third-order valence-electron chi connectivity index (χ3n) is 2.94. The van der Waals surface area contributed by atoms with Crippen LogP contribution in [-0.2, 0) is 4.79 Å². The van der Waals surface area contributed by atoms with Crippen LogP contribution in [0.3, 0.4) is 0 Å². The first-order valence-corrected chi connectivity index (χ1v) is 7.02. The maximum atomic E-state index is 11.6. The second kappa shape index (κ2) is 7.93. The largest absolute Gasteiger partial charge is 0.504 e. The summed E-state index contributed by atoms with van der Waals surface area (Å²) < 4.78 is 10.7. The first-order chi connectivity index (χ1) is 10.6. The molecular weight excluding hydrogens is 282 g/mol. The van der Waals surface area contributed by atoms with Crippen LogP contribution in [0.4, 0.5) is 0 Å². The standard InChI is InChI=1S/C17H19NO4/c1-13-6-8-14(9-7-13)21-11-10-18-17(20)12-22-16-5-3-2-4-15(16)19/h2-9,19H,10-12H2,1H3,(H,18,20). The van der Waals surface area contributed by atoms with Crippen LogP contribution in [0.5, 0.6) is 17.2 Å². The number of ether oxygens (including phenoxy) is 2. The number of aromatic hydroxyl groups is 1. The number of aryl methyl sites for hydroxylation is 1. The zero-order chi connectivity index (χ0) is 15.8. The number of hydrogen-bond donors (Lipinski definition) is 2. The highest BCUT2D eigenvalue weighted by Gasteiger charge is 2.05. The molecule has 2 N–H and O–H groups in total. The van der Waals surface area contributed by atoms with E-state index in [1.165, 1.54) is 11.6 Å². The number of rotatable bonds is 7. The fraction of sp³-hybridized carbons (Fsp3) is 0.235. The van der Waals surface area contributed by atoms with Gasteiger partial charge in [0.1, 0.15) is 12.4 Å². The van der Waals surface area contributed by atoms with Gasteiger partial charge >= 0.3 is 0 Å². The zero-order valence-corrected chi connectivity index (χ0v) is 12.4. The number of para-hydroxylation sites is 2. The molecule has 0 atom stereocenters. The predicted octanol–water partition coefficient (Wildman–Crippen LogP) is 2.27. The fourth-order valence-corrected chi connectivity index (χ4v) is 1.77. The van der Waals surface area contributed by atoms with Gasteiger partial charge in [0.15, 0.2) is 18.1 Å². The van der Waals surface area contributed by atoms with Crippen LogP contribution in [0.15, 0.2) is 48.5 Å². The van der Waals surface area contributed by atoms with Crippen molar-refractivity contribution in [1.82, 2.24) is 5.32 Å². The number of phenolic OH excluding ortho intramolecular Hbond substituents is 1. The van der Waals surface area contributed by atoms with E-state index in [2.05, 4.69) is 5.32 Å². The maximum absolute atomic E-state index is 11.6. The van der Waals surface area contributed by atoms with Crippen LogP contribution in [-0.4, -0.2) is 30.8 Å². The summed E-state index contributed by atoms with van der Waals surface area (Å²) in [6.07, 6.45) is 0. The highest BCUT2D eigenvalue weighted by Crippen LogP contribution is 2.23. The van der Waals surface area contributed by atoms with Gasteiger partial charge in [0.2, 0.25) is 0 Å². The summed E-state index contributed by atoms with van der Waals surface area (Å²) in [5.74, 6) is 0.799. The van der Waals surface area contributed by atoms with E-state index in [1.54, 1.807) is 18.2 Å². The van der Waals surface area contributed by atoms with Crippen LogP contribution in [0, 0.1) is 6.92 Å². The molecule has 22 heavy (non-hydrogen) atoms. The molecule has 2 aromatic carbocycles. The van der Waals surface area contributed by atoms with Gasteiger partial charge in [-0.15, -0.1) is 0 Å². The second-order valence-electron chi connectivity index (χ2n) is 4.77. The summed E-state index contributed by atoms with van der Waals surface area (Å²) in [4.78, 5) is 11.6. The summed E-state index contributed by atoms with van der Waals surface area (Å²) >= 11 is 0. The van der Waals surface area contributed by atoms with Gasteiger partial charge in [-0.05, 0) is 31.2 Å². The minimum atomic E-state index is -0.268. The minimum absolute atomic E-state index is 0.0120. The highest BCUT2D eigenvalue weighted by atomic mass is 16.5. The molecule has 0 bridgehead atoms. The molecule has 0 aliphatic heterocycles. The van der Waals surface area contributed by atoms with E-state index < -0.39 is 0 Å². The Morgan fingerprint density at radius 3 is 2.55 bits per heavy atom. The summed E-state index contributed by atoms with van der Waals surface area (Å²) in [7, 11) is 0. The Balaban J connectivity index is 1.64. The summed E-state index contributed by atoms with van der Waals surface area (Å²) in [5.41, 5.74) is 1.17. The van der Waals surface area contributed by atoms with E-state index in [1.807, 2.05) is 31.2 Å². The van der Waals surface area contributed by atoms with Crippen molar-refractivity contribution in [2.75, 3.05) is 19.8 Å². The normalized spacial score (nSPS) is 10.0. The SMILES string of the molecule is Cc1ccc(OCCNC(=O)COc2ccccc2O)cc1. The predicted molar refractivity (Wildman–Crippen MR) is 83.3 cm³/mol. The van der Waals surface area contributed by atoms with Gasteiger partial charge in [0, 0.05) is 0 Å². The van der Waals surface area contributed by atoms with Crippen molar-refractivity contribution < 1.29 is 19.4 Å². The monoisotopic (exact) mass is 301 g/mol. The minimum Gasteiger partial charge on any atom is -0.504 e. The summed E-state index contributed by atoms with van der Waals surface area (Å²) in [6.45, 7) is 2.62. The van der Waals surface area contributed by atoms with Gasteiger partial charge in [-0.2, -0.15) is 0 Å². The molecule has 0 radical (unpaired) electrons. The number of carbonyl (C=O) groups excluding carboxylic acids is 1. The molecule has 0 saturated heterocycles. The summed E-state index contributed by atoms with van der Waals surface area (Å²) in [5, 5.41) is 12.2. The van der Waals surface area contributed by atoms with Gasteiger partial charge in [-0.25, -0.2) is 0 Å². The number of carbonyl (C=O) groups is 1. The molecular formula is C17H19NO4. The van der Waals surface area contributed by atoms with Crippen LogP contribution >= 0.6 is 0 Å². The molecule has 1 amide bonds. The van der Waals surface area contributed by atoms with E-state index in [0.29, 0.717) is 13.2 Å². The smallest absolute Gasteiger partial charge is 0.258 e. The van der Waals surface area contributed by atoms with Gasteiger partial charge in [-0.1, -0.05) is 29.8 Å². The van der Waals surface area contributed by atoms with Crippen molar-refractivity contribution in [2.45, 2.75) is 6.92 Å². The van der Waals surface area contributed by atoms with Crippen molar-refractivity contribution in [3.05, 3.63) is 54.1 Å². The zero-order valence-electron chi connectivity index (χ0n) is 12.4. The summed E-state index contributed by atoms with van der Waals surface area (Å²) in [6, 6.07) is 14.2. The maximum Gasteiger partial charge on any atom is 0.258 e. The molecule has 0 saturated carbocycles. The first kappa shape index (κ1) is 15.7. The third kappa shape index (κ3) is 5.01. The van der Waals surface area contributed by atoms with Crippen molar-refractivity contribution in [2.24, 2.45) is 0 Å². The first-order valence-electron chi connectivity index (χ1n) is 7.02. The number of hydrogen-bond acceptors (Lipinski definition) is 4. The molecule has 0 aliphatic carbocycles. The van der Waals surface area contributed by atoms with E-state index in [9.17, 15) is 9.90 Å². The Kier molecular flexibility index (Phi) is 5.65. The van der Waals surface area contributed by atoms with Gasteiger partial charge in [-0.3, -0.25) is 4.79 Å². The molecule has 5 heteroatoms. The average Bonchev–Trinajstić information content (AvgIpc) is 2.52. The van der Waals surface area contributed by atoms with Crippen molar-refractivity contribution in [3.63, 3.8) is 0 Å². The second-order valence-corrected chi connectivity index (χ2v) is 4.77. The van der Waals surface area contributed by atoms with Crippen LogP contribution in [0.25, 0.3) is 0 Å². The lowest BCUT2D eigenvalue weighted by molar-refractivity contribution is -0.123. The lowest BCUT2D eigenvalue weighted by Crippen LogP contribution is -2.32. The van der Waals surface area contributed by atoms with Gasteiger partial charge < -0.3 is 19.9 Å². The quantitative estimate of drug-likeness (QED) is 0.770. The van der Waals surface area contributed by atoms with Gasteiger partial charge in [0.25, 0.3) is 5.91 Å². The number of phenols is 1. The Labute approximate surface area is 129 Å². The van der Waals surface area contributed by atoms with Crippen LogP contribution < -0.4 is 14.8 Å². The lowest BCUT2D eigenvalue weighted by atomic mass is 10.2.